The molecule has 0 bridgehead atoms. The van der Waals surface area contributed by atoms with Crippen molar-refractivity contribution in [3.8, 4) is 0 Å². The minimum absolute atomic E-state index is 0.217. The lowest BCUT2D eigenvalue weighted by Gasteiger charge is -2.30. The van der Waals surface area contributed by atoms with Crippen LogP contribution in [0.4, 0.5) is 0 Å². The Kier molecular flexibility index (Phi) is 7.40. The highest BCUT2D eigenvalue weighted by atomic mass is 35.5. The van der Waals surface area contributed by atoms with Crippen molar-refractivity contribution in [2.24, 2.45) is 0 Å². The summed E-state index contributed by atoms with van der Waals surface area (Å²) in [7, 11) is 0. The van der Waals surface area contributed by atoms with Crippen molar-refractivity contribution in [3.05, 3.63) is 34.9 Å². The Labute approximate surface area is 124 Å². The predicted molar refractivity (Wildman–Crippen MR) is 80.3 cm³/mol. The van der Waals surface area contributed by atoms with E-state index >= 15 is 0 Å². The smallest absolute Gasteiger partial charge is 0.0466 e. The Hall–Kier alpha value is 0.0500. The lowest BCUT2D eigenvalue weighted by atomic mass is 9.80. The zero-order valence-electron chi connectivity index (χ0n) is 10.6. The minimum Gasteiger partial charge on any atom is -0.382 e. The largest absolute Gasteiger partial charge is 0.382 e. The molecule has 1 nitrogen and oxygen atoms in total. The number of rotatable bonds is 8. The monoisotopic (exact) mass is 308 g/mol. The van der Waals surface area contributed by atoms with E-state index in [1.807, 2.05) is 31.2 Å². The van der Waals surface area contributed by atoms with Gasteiger partial charge in [-0.15, -0.1) is 23.2 Å². The molecule has 0 radical (unpaired) electrons. The summed E-state index contributed by atoms with van der Waals surface area (Å²) in [5, 5.41) is 0.719. The highest BCUT2D eigenvalue weighted by Gasteiger charge is 2.30. The lowest BCUT2D eigenvalue weighted by Crippen LogP contribution is -2.31. The van der Waals surface area contributed by atoms with Crippen molar-refractivity contribution in [1.82, 2.24) is 0 Å². The molecule has 4 heteroatoms. The first-order valence-electron chi connectivity index (χ1n) is 6.14. The van der Waals surface area contributed by atoms with E-state index in [-0.39, 0.29) is 5.41 Å². The van der Waals surface area contributed by atoms with Crippen LogP contribution in [0.2, 0.25) is 5.02 Å². The first-order valence-corrected chi connectivity index (χ1v) is 7.59. The first kappa shape index (κ1) is 16.1. The van der Waals surface area contributed by atoms with Gasteiger partial charge in [0.1, 0.15) is 0 Å². The number of halogens is 3. The molecule has 0 saturated heterocycles. The van der Waals surface area contributed by atoms with E-state index in [1.165, 1.54) is 0 Å². The third-order valence-electron chi connectivity index (χ3n) is 3.10. The van der Waals surface area contributed by atoms with Crippen LogP contribution in [-0.2, 0) is 10.2 Å². The van der Waals surface area contributed by atoms with Crippen LogP contribution in [0.3, 0.4) is 0 Å². The molecule has 0 heterocycles. The predicted octanol–water partition coefficient (Wildman–Crippen LogP) is 4.87. The van der Waals surface area contributed by atoms with Gasteiger partial charge in [0.05, 0.1) is 0 Å². The van der Waals surface area contributed by atoms with Gasteiger partial charge in [0.15, 0.2) is 0 Å². The maximum atomic E-state index is 6.16. The number of hydrogen-bond acceptors (Lipinski definition) is 1. The van der Waals surface area contributed by atoms with Gasteiger partial charge in [-0.05, 0) is 37.5 Å². The second kappa shape index (κ2) is 8.27. The fourth-order valence-corrected chi connectivity index (χ4v) is 3.00. The third-order valence-corrected chi connectivity index (χ3v) is 4.36. The summed E-state index contributed by atoms with van der Waals surface area (Å²) in [6, 6.07) is 7.79. The van der Waals surface area contributed by atoms with Gasteiger partial charge in [-0.1, -0.05) is 23.7 Å². The third kappa shape index (κ3) is 4.31. The Balaban J connectivity index is 2.79. The van der Waals surface area contributed by atoms with Gasteiger partial charge in [0, 0.05) is 35.4 Å². The van der Waals surface area contributed by atoms with Crippen molar-refractivity contribution in [2.75, 3.05) is 25.0 Å². The van der Waals surface area contributed by atoms with Crippen LogP contribution >= 0.6 is 34.8 Å². The van der Waals surface area contributed by atoms with E-state index in [0.717, 1.165) is 36.6 Å². The van der Waals surface area contributed by atoms with Crippen LogP contribution < -0.4 is 0 Å². The molecule has 0 aromatic heterocycles. The van der Waals surface area contributed by atoms with Crippen molar-refractivity contribution >= 4 is 34.8 Å². The highest BCUT2D eigenvalue weighted by Crippen LogP contribution is 2.33. The fourth-order valence-electron chi connectivity index (χ4n) is 1.94. The summed E-state index contributed by atoms with van der Waals surface area (Å²) >= 11 is 18.3. The van der Waals surface area contributed by atoms with Crippen molar-refractivity contribution in [2.45, 2.75) is 25.2 Å². The van der Waals surface area contributed by atoms with Gasteiger partial charge in [0.25, 0.3) is 0 Å². The first-order chi connectivity index (χ1) is 8.68. The molecule has 0 amide bonds. The SMILES string of the molecule is CCOCCCC(CCl)(CCl)c1cccc(Cl)c1. The minimum atomic E-state index is -0.217. The molecule has 18 heavy (non-hydrogen) atoms. The summed E-state index contributed by atoms with van der Waals surface area (Å²) < 4.78 is 5.37. The molecule has 0 aliphatic heterocycles. The van der Waals surface area contributed by atoms with Crippen LogP contribution in [0.1, 0.15) is 25.3 Å². The molecule has 0 spiro atoms. The molecule has 1 aromatic rings. The Morgan fingerprint density at radius 3 is 2.50 bits per heavy atom. The highest BCUT2D eigenvalue weighted by molar-refractivity contribution is 6.30. The summed E-state index contributed by atoms with van der Waals surface area (Å²) in [6.07, 6.45) is 1.85. The molecule has 0 fully saturated rings. The van der Waals surface area contributed by atoms with Gasteiger partial charge < -0.3 is 4.74 Å². The van der Waals surface area contributed by atoms with E-state index in [0.29, 0.717) is 11.8 Å². The average Bonchev–Trinajstić information content (AvgIpc) is 2.40. The van der Waals surface area contributed by atoms with Crippen LogP contribution in [0.25, 0.3) is 0 Å². The van der Waals surface area contributed by atoms with Gasteiger partial charge in [-0.2, -0.15) is 0 Å². The topological polar surface area (TPSA) is 9.23 Å². The van der Waals surface area contributed by atoms with Crippen LogP contribution in [0.5, 0.6) is 0 Å². The van der Waals surface area contributed by atoms with Crippen LogP contribution in [0, 0.1) is 0 Å². The number of alkyl halides is 2. The van der Waals surface area contributed by atoms with Crippen molar-refractivity contribution in [3.63, 3.8) is 0 Å². The molecule has 0 aliphatic carbocycles. The van der Waals surface area contributed by atoms with E-state index in [2.05, 4.69) is 0 Å². The Morgan fingerprint density at radius 1 is 1.22 bits per heavy atom. The average molecular weight is 310 g/mol. The molecule has 0 aliphatic rings. The molecule has 102 valence electrons. The van der Waals surface area contributed by atoms with Gasteiger partial charge in [-0.3, -0.25) is 0 Å². The second-order valence-corrected chi connectivity index (χ2v) is 5.33. The summed E-state index contributed by atoms with van der Waals surface area (Å²) in [5.74, 6) is 0.978. The van der Waals surface area contributed by atoms with Gasteiger partial charge in [-0.25, -0.2) is 0 Å². The fraction of sp³-hybridized carbons (Fsp3) is 0.571. The second-order valence-electron chi connectivity index (χ2n) is 4.36. The number of ether oxygens (including phenoxy) is 1. The van der Waals surface area contributed by atoms with Crippen molar-refractivity contribution in [1.29, 1.82) is 0 Å². The maximum Gasteiger partial charge on any atom is 0.0466 e. The quantitative estimate of drug-likeness (QED) is 0.491. The molecule has 1 rings (SSSR count). The van der Waals surface area contributed by atoms with E-state index < -0.39 is 0 Å². The Bertz CT molecular complexity index is 351. The van der Waals surface area contributed by atoms with Crippen LogP contribution in [0.15, 0.2) is 24.3 Å². The molecular formula is C14H19Cl3O. The van der Waals surface area contributed by atoms with E-state index in [9.17, 15) is 0 Å². The molecule has 0 N–H and O–H groups in total. The van der Waals surface area contributed by atoms with Gasteiger partial charge in [0.2, 0.25) is 0 Å². The molecular weight excluding hydrogens is 291 g/mol. The Morgan fingerprint density at radius 2 is 1.94 bits per heavy atom. The zero-order valence-corrected chi connectivity index (χ0v) is 12.9. The van der Waals surface area contributed by atoms with Crippen LogP contribution in [-0.4, -0.2) is 25.0 Å². The number of benzene rings is 1. The molecule has 1 aromatic carbocycles. The number of hydrogen-bond donors (Lipinski definition) is 0. The normalized spacial score (nSPS) is 11.8. The zero-order chi connectivity index (χ0) is 13.4. The van der Waals surface area contributed by atoms with Crippen molar-refractivity contribution < 1.29 is 4.74 Å². The summed E-state index contributed by atoms with van der Waals surface area (Å²) in [4.78, 5) is 0. The summed E-state index contributed by atoms with van der Waals surface area (Å²) in [6.45, 7) is 3.48. The standard InChI is InChI=1S/C14H19Cl3O/c1-2-18-8-4-7-14(10-15,11-16)12-5-3-6-13(17)9-12/h3,5-6,9H,2,4,7-8,10-11H2,1H3. The van der Waals surface area contributed by atoms with E-state index in [4.69, 9.17) is 39.5 Å². The van der Waals surface area contributed by atoms with E-state index in [1.54, 1.807) is 0 Å². The molecule has 0 atom stereocenters. The molecule has 0 saturated carbocycles. The van der Waals surface area contributed by atoms with Gasteiger partial charge >= 0.3 is 0 Å². The lowest BCUT2D eigenvalue weighted by molar-refractivity contribution is 0.139. The molecule has 0 unspecified atom stereocenters. The summed E-state index contributed by atoms with van der Waals surface area (Å²) in [5.41, 5.74) is 0.891. The maximum absolute atomic E-state index is 6.16.